The molecule has 1 unspecified atom stereocenters. The predicted octanol–water partition coefficient (Wildman–Crippen LogP) is 1.27. The molecule has 7 heteroatoms. The number of methoxy groups -OCH3 is 1. The van der Waals surface area contributed by atoms with Gasteiger partial charge in [-0.2, -0.15) is 0 Å². The van der Waals surface area contributed by atoms with Crippen LogP contribution >= 0.6 is 0 Å². The van der Waals surface area contributed by atoms with Gasteiger partial charge in [0.25, 0.3) is 0 Å². The molecular weight excluding hydrogens is 328 g/mol. The molecule has 0 bridgehead atoms. The van der Waals surface area contributed by atoms with Crippen LogP contribution in [0.2, 0.25) is 0 Å². The first kappa shape index (κ1) is 17.7. The van der Waals surface area contributed by atoms with Crippen molar-refractivity contribution in [3.05, 3.63) is 23.8 Å². The lowest BCUT2D eigenvalue weighted by Gasteiger charge is -2.29. The molecule has 2 aliphatic rings. The maximum atomic E-state index is 12.9. The van der Waals surface area contributed by atoms with E-state index in [4.69, 9.17) is 4.74 Å². The molecule has 0 amide bonds. The lowest BCUT2D eigenvalue weighted by atomic mass is 10.1. The topological polar surface area (TPSA) is 78.9 Å². The van der Waals surface area contributed by atoms with Gasteiger partial charge in [-0.1, -0.05) is 12.5 Å². The molecule has 1 aromatic rings. The van der Waals surface area contributed by atoms with Crippen LogP contribution in [0.4, 0.5) is 0 Å². The van der Waals surface area contributed by atoms with Crippen LogP contribution < -0.4 is 9.46 Å². The lowest BCUT2D eigenvalue weighted by Crippen LogP contribution is -2.48. The summed E-state index contributed by atoms with van der Waals surface area (Å²) < 4.78 is 33.9. The summed E-state index contributed by atoms with van der Waals surface area (Å²) in [6, 6.07) is 5.21. The van der Waals surface area contributed by atoms with Crippen LogP contribution in [0.5, 0.6) is 5.75 Å². The van der Waals surface area contributed by atoms with Gasteiger partial charge < -0.3 is 9.84 Å². The molecule has 3 atom stereocenters. The molecule has 6 nitrogen and oxygen atoms in total. The fraction of sp³-hybridized carbons (Fsp3) is 0.647. The molecule has 2 fully saturated rings. The van der Waals surface area contributed by atoms with Crippen molar-refractivity contribution in [1.82, 2.24) is 9.62 Å². The van der Waals surface area contributed by atoms with Gasteiger partial charge >= 0.3 is 0 Å². The van der Waals surface area contributed by atoms with Gasteiger partial charge in [-0.15, -0.1) is 0 Å². The van der Waals surface area contributed by atoms with Gasteiger partial charge in [0.15, 0.2) is 0 Å². The second-order valence-corrected chi connectivity index (χ2v) is 8.50. The summed E-state index contributed by atoms with van der Waals surface area (Å²) in [5.41, 5.74) is 0.877. The maximum absolute atomic E-state index is 12.9. The Labute approximate surface area is 143 Å². The predicted molar refractivity (Wildman–Crippen MR) is 91.7 cm³/mol. The summed E-state index contributed by atoms with van der Waals surface area (Å²) in [7, 11) is -2.17. The third kappa shape index (κ3) is 3.59. The smallest absolute Gasteiger partial charge is 0.244 e. The van der Waals surface area contributed by atoms with E-state index in [0.29, 0.717) is 12.3 Å². The third-order valence-corrected chi connectivity index (χ3v) is 6.57. The number of aryl methyl sites for hydroxylation is 1. The quantitative estimate of drug-likeness (QED) is 0.832. The van der Waals surface area contributed by atoms with Crippen LogP contribution in [0.3, 0.4) is 0 Å². The minimum absolute atomic E-state index is 0.120. The summed E-state index contributed by atoms with van der Waals surface area (Å²) >= 11 is 0. The van der Waals surface area contributed by atoms with Crippen molar-refractivity contribution < 1.29 is 18.3 Å². The minimum atomic E-state index is -3.65. The molecule has 1 aliphatic carbocycles. The first-order valence-electron chi connectivity index (χ1n) is 8.50. The Kier molecular flexibility index (Phi) is 5.15. The summed E-state index contributed by atoms with van der Waals surface area (Å²) in [5, 5.41) is 9.76. The molecular formula is C17H26N2O4S. The molecule has 134 valence electrons. The van der Waals surface area contributed by atoms with Crippen LogP contribution in [-0.4, -0.2) is 56.8 Å². The number of nitrogens with zero attached hydrogens (tertiary/aromatic N) is 1. The van der Waals surface area contributed by atoms with Gasteiger partial charge in [-0.25, -0.2) is 13.1 Å². The van der Waals surface area contributed by atoms with Gasteiger partial charge in [0.2, 0.25) is 10.0 Å². The van der Waals surface area contributed by atoms with E-state index in [1.54, 1.807) is 12.1 Å². The molecule has 0 aromatic heterocycles. The molecule has 1 aromatic carbocycles. The van der Waals surface area contributed by atoms with Crippen molar-refractivity contribution in [1.29, 1.82) is 0 Å². The highest BCUT2D eigenvalue weighted by atomic mass is 32.2. The fourth-order valence-electron chi connectivity index (χ4n) is 3.84. The number of sulfonamides is 1. The second kappa shape index (κ2) is 7.00. The zero-order chi connectivity index (χ0) is 17.3. The van der Waals surface area contributed by atoms with Crippen molar-refractivity contribution in [3.8, 4) is 5.75 Å². The van der Waals surface area contributed by atoms with Gasteiger partial charge in [-0.05, 0) is 43.9 Å². The number of hydrogen-bond donors (Lipinski definition) is 2. The number of aliphatic hydroxyl groups excluding tert-OH is 1. The van der Waals surface area contributed by atoms with Crippen LogP contribution in [0.15, 0.2) is 23.1 Å². The number of β-amino-alcohol motifs (C(OH)–C–C–N with tert-alkyl or cyclic N) is 1. The number of aliphatic hydroxyl groups is 1. The Hall–Kier alpha value is -1.15. The Morgan fingerprint density at radius 1 is 1.29 bits per heavy atom. The van der Waals surface area contributed by atoms with Crippen molar-refractivity contribution in [2.45, 2.75) is 55.7 Å². The average molecular weight is 354 g/mol. The molecule has 0 spiro atoms. The van der Waals surface area contributed by atoms with E-state index in [1.165, 1.54) is 7.11 Å². The van der Waals surface area contributed by atoms with E-state index in [9.17, 15) is 13.5 Å². The molecule has 1 aliphatic heterocycles. The Bertz CT molecular complexity index is 692. The molecule has 2 N–H and O–H groups in total. The van der Waals surface area contributed by atoms with Crippen molar-refractivity contribution in [3.63, 3.8) is 0 Å². The number of benzene rings is 1. The third-order valence-electron chi connectivity index (χ3n) is 5.06. The molecule has 1 saturated carbocycles. The van der Waals surface area contributed by atoms with Crippen LogP contribution in [0, 0.1) is 6.92 Å². The van der Waals surface area contributed by atoms with Gasteiger partial charge in [0.05, 0.1) is 13.2 Å². The van der Waals surface area contributed by atoms with Crippen LogP contribution in [-0.2, 0) is 10.0 Å². The van der Waals surface area contributed by atoms with Crippen LogP contribution in [0.25, 0.3) is 0 Å². The summed E-state index contributed by atoms with van der Waals surface area (Å²) in [4.78, 5) is 2.41. The minimum Gasteiger partial charge on any atom is -0.495 e. The Morgan fingerprint density at radius 2 is 2.08 bits per heavy atom. The SMILES string of the molecule is COc1ccc(C)cc1S(=O)(=O)N[C@@H]1CCC[C@@H]1N1CCC(O)C1. The molecule has 24 heavy (non-hydrogen) atoms. The second-order valence-electron chi connectivity index (χ2n) is 6.82. The number of ether oxygens (including phenoxy) is 1. The van der Waals surface area contributed by atoms with E-state index < -0.39 is 10.0 Å². The summed E-state index contributed by atoms with van der Waals surface area (Å²) in [6.45, 7) is 3.33. The zero-order valence-corrected chi connectivity index (χ0v) is 15.1. The highest BCUT2D eigenvalue weighted by molar-refractivity contribution is 7.89. The van der Waals surface area contributed by atoms with Crippen LogP contribution in [0.1, 0.15) is 31.2 Å². The molecule has 0 radical (unpaired) electrons. The summed E-state index contributed by atoms with van der Waals surface area (Å²) in [5.74, 6) is 0.360. The normalized spacial score (nSPS) is 28.4. The molecule has 3 rings (SSSR count). The lowest BCUT2D eigenvalue weighted by molar-refractivity contribution is 0.153. The monoisotopic (exact) mass is 354 g/mol. The first-order valence-corrected chi connectivity index (χ1v) is 9.98. The number of nitrogens with one attached hydrogen (secondary N) is 1. The highest BCUT2D eigenvalue weighted by Gasteiger charge is 2.38. The van der Waals surface area contributed by atoms with Crippen molar-refractivity contribution in [2.24, 2.45) is 0 Å². The van der Waals surface area contributed by atoms with E-state index in [0.717, 1.165) is 37.8 Å². The number of rotatable bonds is 5. The first-order chi connectivity index (χ1) is 11.4. The average Bonchev–Trinajstić information content (AvgIpc) is 3.15. The van der Waals surface area contributed by atoms with E-state index >= 15 is 0 Å². The van der Waals surface area contributed by atoms with Gasteiger partial charge in [0, 0.05) is 25.2 Å². The van der Waals surface area contributed by atoms with E-state index in [2.05, 4.69) is 9.62 Å². The van der Waals surface area contributed by atoms with Crippen molar-refractivity contribution >= 4 is 10.0 Å². The number of likely N-dealkylation sites (tertiary alicyclic amines) is 1. The standard InChI is InChI=1S/C17H26N2O4S/c1-12-6-7-16(23-2)17(10-12)24(21,22)18-14-4-3-5-15(14)19-9-8-13(20)11-19/h6-7,10,13-15,18,20H,3-5,8-9,11H2,1-2H3/t13?,14-,15+/m1/s1. The summed E-state index contributed by atoms with van der Waals surface area (Å²) in [6.07, 6.45) is 3.26. The van der Waals surface area contributed by atoms with Crippen molar-refractivity contribution in [2.75, 3.05) is 20.2 Å². The zero-order valence-electron chi connectivity index (χ0n) is 14.2. The maximum Gasteiger partial charge on any atom is 0.244 e. The largest absolute Gasteiger partial charge is 0.495 e. The Balaban J connectivity index is 1.80. The highest BCUT2D eigenvalue weighted by Crippen LogP contribution is 2.30. The fourth-order valence-corrected chi connectivity index (χ4v) is 5.40. The van der Waals surface area contributed by atoms with Gasteiger partial charge in [0.1, 0.15) is 10.6 Å². The number of hydrogen-bond acceptors (Lipinski definition) is 5. The van der Waals surface area contributed by atoms with Gasteiger partial charge in [-0.3, -0.25) is 4.90 Å². The molecule has 1 saturated heterocycles. The van der Waals surface area contributed by atoms with E-state index in [-0.39, 0.29) is 23.1 Å². The Morgan fingerprint density at radius 3 is 2.75 bits per heavy atom. The van der Waals surface area contributed by atoms with E-state index in [1.807, 2.05) is 13.0 Å². The molecule has 1 heterocycles.